The Morgan fingerprint density at radius 1 is 0.833 bits per heavy atom. The van der Waals surface area contributed by atoms with Gasteiger partial charge in [-0.15, -0.1) is 0 Å². The van der Waals surface area contributed by atoms with Crippen molar-refractivity contribution in [2.24, 2.45) is 0 Å². The van der Waals surface area contributed by atoms with Crippen LogP contribution in [0.3, 0.4) is 0 Å². The molecular formula is C16H16N6O2. The summed E-state index contributed by atoms with van der Waals surface area (Å²) in [6, 6.07) is 9.96. The van der Waals surface area contributed by atoms with Gasteiger partial charge in [0.25, 0.3) is 11.8 Å². The zero-order valence-electron chi connectivity index (χ0n) is 13.2. The van der Waals surface area contributed by atoms with Gasteiger partial charge in [-0.1, -0.05) is 12.1 Å². The van der Waals surface area contributed by atoms with Gasteiger partial charge < -0.3 is 10.6 Å². The number of amides is 2. The zero-order chi connectivity index (χ0) is 17.1. The minimum atomic E-state index is -0.412. The molecule has 0 bridgehead atoms. The molecule has 24 heavy (non-hydrogen) atoms. The number of benzene rings is 1. The van der Waals surface area contributed by atoms with Gasteiger partial charge in [-0.25, -0.2) is 0 Å². The highest BCUT2D eigenvalue weighted by atomic mass is 16.2. The molecule has 8 heteroatoms. The van der Waals surface area contributed by atoms with Crippen LogP contribution >= 0.6 is 0 Å². The molecule has 0 saturated carbocycles. The van der Waals surface area contributed by atoms with E-state index in [1.54, 1.807) is 36.4 Å². The highest BCUT2D eigenvalue weighted by Crippen LogP contribution is 2.14. The summed E-state index contributed by atoms with van der Waals surface area (Å²) in [6.07, 6.45) is 0. The van der Waals surface area contributed by atoms with Crippen LogP contribution in [0.2, 0.25) is 0 Å². The first-order valence-electron chi connectivity index (χ1n) is 7.28. The van der Waals surface area contributed by atoms with Crippen LogP contribution < -0.4 is 10.6 Å². The number of rotatable bonds is 4. The topological polar surface area (TPSA) is 116 Å². The molecule has 2 heterocycles. The van der Waals surface area contributed by atoms with E-state index in [1.807, 2.05) is 13.8 Å². The molecule has 0 aliphatic carbocycles. The molecule has 0 spiro atoms. The predicted molar refractivity (Wildman–Crippen MR) is 89.0 cm³/mol. The summed E-state index contributed by atoms with van der Waals surface area (Å²) < 4.78 is 0. The van der Waals surface area contributed by atoms with E-state index >= 15 is 0 Å². The van der Waals surface area contributed by atoms with Crippen LogP contribution in [0.1, 0.15) is 32.1 Å². The van der Waals surface area contributed by atoms with E-state index < -0.39 is 11.8 Å². The van der Waals surface area contributed by atoms with Crippen molar-refractivity contribution in [1.29, 1.82) is 0 Å². The predicted octanol–water partition coefficient (Wildman–Crippen LogP) is 2.25. The van der Waals surface area contributed by atoms with Crippen molar-refractivity contribution < 1.29 is 9.59 Å². The highest BCUT2D eigenvalue weighted by Gasteiger charge is 2.18. The average molecular weight is 324 g/mol. The Hall–Kier alpha value is -3.42. The quantitative estimate of drug-likeness (QED) is 0.589. The number of carbonyl (C=O) groups is 2. The summed E-state index contributed by atoms with van der Waals surface area (Å²) in [5.74, 6) is -0.0257. The first kappa shape index (κ1) is 15.5. The van der Waals surface area contributed by atoms with Crippen LogP contribution in [-0.4, -0.2) is 32.2 Å². The number of hydrogen-bond acceptors (Lipinski definition) is 4. The Bertz CT molecular complexity index is 822. The van der Waals surface area contributed by atoms with E-state index in [1.165, 1.54) is 0 Å². The van der Waals surface area contributed by atoms with E-state index in [0.29, 0.717) is 11.6 Å². The molecule has 3 aromatic rings. The smallest absolute Gasteiger partial charge is 0.257 e. The average Bonchev–Trinajstić information content (AvgIpc) is 3.15. The third-order valence-corrected chi connectivity index (χ3v) is 3.31. The van der Waals surface area contributed by atoms with Crippen molar-refractivity contribution in [3.05, 3.63) is 58.9 Å². The monoisotopic (exact) mass is 324 g/mol. The SMILES string of the molecule is Cc1cc(NC(=O)c2ccccc2C(=O)Nc2cc(C)[nH]n2)n[nH]1. The molecule has 0 aliphatic rings. The Labute approximate surface area is 137 Å². The summed E-state index contributed by atoms with van der Waals surface area (Å²) in [5.41, 5.74) is 2.15. The Morgan fingerprint density at radius 3 is 1.58 bits per heavy atom. The third kappa shape index (κ3) is 3.32. The molecule has 0 atom stereocenters. The fraction of sp³-hybridized carbons (Fsp3) is 0.125. The van der Waals surface area contributed by atoms with E-state index in [4.69, 9.17) is 0 Å². The normalized spacial score (nSPS) is 10.4. The minimum absolute atomic E-state index is 0.253. The van der Waals surface area contributed by atoms with E-state index in [2.05, 4.69) is 31.0 Å². The number of aromatic nitrogens is 4. The van der Waals surface area contributed by atoms with Crippen molar-refractivity contribution in [1.82, 2.24) is 20.4 Å². The van der Waals surface area contributed by atoms with Crippen LogP contribution in [0, 0.1) is 13.8 Å². The van der Waals surface area contributed by atoms with Crippen molar-refractivity contribution in [3.8, 4) is 0 Å². The molecular weight excluding hydrogens is 308 g/mol. The van der Waals surface area contributed by atoms with Crippen molar-refractivity contribution in [2.45, 2.75) is 13.8 Å². The van der Waals surface area contributed by atoms with Crippen molar-refractivity contribution in [2.75, 3.05) is 10.6 Å². The molecule has 8 nitrogen and oxygen atoms in total. The molecule has 0 aliphatic heterocycles. The van der Waals surface area contributed by atoms with Crippen molar-refractivity contribution >= 4 is 23.5 Å². The summed E-state index contributed by atoms with van der Waals surface area (Å²) in [4.78, 5) is 24.9. The van der Waals surface area contributed by atoms with Gasteiger partial charge in [-0.05, 0) is 26.0 Å². The van der Waals surface area contributed by atoms with Gasteiger partial charge >= 0.3 is 0 Å². The molecule has 0 radical (unpaired) electrons. The molecule has 0 fully saturated rings. The standard InChI is InChI=1S/C16H16N6O2/c1-9-7-13(21-19-9)17-15(23)11-5-3-4-6-12(11)16(24)18-14-8-10(2)20-22-14/h3-8H,1-2H3,(H2,17,19,21,23)(H2,18,20,22,24). The molecule has 2 amide bonds. The number of hydrogen-bond donors (Lipinski definition) is 4. The zero-order valence-corrected chi connectivity index (χ0v) is 13.2. The van der Waals surface area contributed by atoms with Crippen LogP contribution in [0.15, 0.2) is 36.4 Å². The van der Waals surface area contributed by atoms with Crippen molar-refractivity contribution in [3.63, 3.8) is 0 Å². The Kier molecular flexibility index (Phi) is 4.11. The number of nitrogens with one attached hydrogen (secondary N) is 4. The van der Waals surface area contributed by atoms with Gasteiger partial charge in [0.05, 0.1) is 11.1 Å². The second kappa shape index (κ2) is 6.37. The van der Waals surface area contributed by atoms with Crippen LogP contribution in [0.25, 0.3) is 0 Å². The molecule has 4 N–H and O–H groups in total. The fourth-order valence-electron chi connectivity index (χ4n) is 2.21. The van der Waals surface area contributed by atoms with Gasteiger partial charge in [-0.2, -0.15) is 10.2 Å². The molecule has 0 saturated heterocycles. The van der Waals surface area contributed by atoms with Crippen LogP contribution in [0.4, 0.5) is 11.6 Å². The maximum Gasteiger partial charge on any atom is 0.257 e. The van der Waals surface area contributed by atoms with Gasteiger partial charge in [0, 0.05) is 23.5 Å². The summed E-state index contributed by atoms with van der Waals surface area (Å²) >= 11 is 0. The number of aromatic amines is 2. The minimum Gasteiger partial charge on any atom is -0.305 e. The van der Waals surface area contributed by atoms with Gasteiger partial charge in [0.1, 0.15) is 0 Å². The maximum atomic E-state index is 12.4. The number of carbonyl (C=O) groups excluding carboxylic acids is 2. The van der Waals surface area contributed by atoms with E-state index in [0.717, 1.165) is 11.4 Å². The van der Waals surface area contributed by atoms with E-state index in [9.17, 15) is 9.59 Å². The number of H-pyrrole nitrogens is 2. The largest absolute Gasteiger partial charge is 0.305 e. The number of nitrogens with zero attached hydrogens (tertiary/aromatic N) is 2. The lowest BCUT2D eigenvalue weighted by Crippen LogP contribution is -2.20. The maximum absolute atomic E-state index is 12.4. The second-order valence-electron chi connectivity index (χ2n) is 5.33. The van der Waals surface area contributed by atoms with Gasteiger partial charge in [0.2, 0.25) is 0 Å². The lowest BCUT2D eigenvalue weighted by atomic mass is 10.1. The molecule has 0 unspecified atom stereocenters. The first-order valence-corrected chi connectivity index (χ1v) is 7.28. The molecule has 3 rings (SSSR count). The van der Waals surface area contributed by atoms with Gasteiger partial charge in [-0.3, -0.25) is 19.8 Å². The molecule has 1 aromatic carbocycles. The second-order valence-corrected chi connectivity index (χ2v) is 5.33. The Morgan fingerprint density at radius 2 is 1.25 bits per heavy atom. The van der Waals surface area contributed by atoms with Crippen LogP contribution in [-0.2, 0) is 0 Å². The third-order valence-electron chi connectivity index (χ3n) is 3.31. The fourth-order valence-corrected chi connectivity index (χ4v) is 2.21. The number of aryl methyl sites for hydroxylation is 2. The lowest BCUT2D eigenvalue weighted by Gasteiger charge is -2.08. The Balaban J connectivity index is 1.81. The van der Waals surface area contributed by atoms with Gasteiger partial charge in [0.15, 0.2) is 11.6 Å². The lowest BCUT2D eigenvalue weighted by molar-refractivity contribution is 0.0990. The molecule has 2 aromatic heterocycles. The summed E-state index contributed by atoms with van der Waals surface area (Å²) in [6.45, 7) is 3.66. The first-order chi connectivity index (χ1) is 11.5. The highest BCUT2D eigenvalue weighted by molar-refractivity contribution is 6.14. The number of anilines is 2. The molecule has 122 valence electrons. The van der Waals surface area contributed by atoms with Crippen LogP contribution in [0.5, 0.6) is 0 Å². The summed E-state index contributed by atoms with van der Waals surface area (Å²) in [5, 5.41) is 18.7. The summed E-state index contributed by atoms with van der Waals surface area (Å²) in [7, 11) is 0. The van der Waals surface area contributed by atoms with E-state index in [-0.39, 0.29) is 11.1 Å².